The summed E-state index contributed by atoms with van der Waals surface area (Å²) in [5.74, 6) is 0.120. The van der Waals surface area contributed by atoms with Gasteiger partial charge in [-0.1, -0.05) is 53.7 Å². The topological polar surface area (TPSA) is 110 Å². The molecule has 0 radical (unpaired) electrons. The van der Waals surface area contributed by atoms with Gasteiger partial charge in [0.25, 0.3) is 0 Å². The minimum Gasteiger partial charge on any atom is -0.433 e. The van der Waals surface area contributed by atoms with Crippen LogP contribution in [0.2, 0.25) is 5.02 Å². The number of nitrogens with one attached hydrogen (secondary N) is 1. The quantitative estimate of drug-likeness (QED) is 0.175. The van der Waals surface area contributed by atoms with Gasteiger partial charge in [0.2, 0.25) is 11.7 Å². The number of carbonyl (C=O) groups excluding carboxylic acids is 1. The number of aromatic nitrogens is 2. The zero-order chi connectivity index (χ0) is 24.7. The molecule has 178 valence electrons. The molecule has 0 bridgehead atoms. The van der Waals surface area contributed by atoms with Crippen LogP contribution in [0.3, 0.4) is 0 Å². The molecular formula is C23H24ClN5O4S. The van der Waals surface area contributed by atoms with Crippen molar-refractivity contribution in [2.24, 2.45) is 0 Å². The Morgan fingerprint density at radius 1 is 1.18 bits per heavy atom. The number of halogens is 1. The molecule has 11 heteroatoms. The van der Waals surface area contributed by atoms with E-state index in [-0.39, 0.29) is 29.0 Å². The normalized spacial score (nSPS) is 10.6. The third-order valence-electron chi connectivity index (χ3n) is 4.77. The maximum Gasteiger partial charge on any atom is 0.373 e. The summed E-state index contributed by atoms with van der Waals surface area (Å²) in [4.78, 5) is 33.3. The fourth-order valence-corrected chi connectivity index (χ4v) is 3.66. The standard InChI is InChI=1S/C23H24ClN5O4S/c1-28(2)19(30)10-9-16-11-17(24)13-18(12-16)33-22-20(29(31)32)21(26-23(27-22)34-3)25-14-15-7-5-4-6-8-15/h4-8,11-13H,9-10,14H2,1-3H3,(H,25,26,27). The van der Waals surface area contributed by atoms with E-state index in [0.29, 0.717) is 29.6 Å². The molecule has 1 heterocycles. The minimum atomic E-state index is -0.575. The summed E-state index contributed by atoms with van der Waals surface area (Å²) in [5.41, 5.74) is 1.33. The lowest BCUT2D eigenvalue weighted by molar-refractivity contribution is -0.385. The summed E-state index contributed by atoms with van der Waals surface area (Å²) in [5, 5.41) is 15.7. The first-order chi connectivity index (χ1) is 16.3. The number of anilines is 1. The number of hydrogen-bond acceptors (Lipinski definition) is 8. The van der Waals surface area contributed by atoms with E-state index in [1.54, 1.807) is 38.6 Å². The van der Waals surface area contributed by atoms with E-state index in [2.05, 4.69) is 15.3 Å². The predicted octanol–water partition coefficient (Wildman–Crippen LogP) is 5.19. The van der Waals surface area contributed by atoms with Crippen molar-refractivity contribution in [3.63, 3.8) is 0 Å². The third kappa shape index (κ3) is 6.82. The van der Waals surface area contributed by atoms with Crippen LogP contribution < -0.4 is 10.1 Å². The smallest absolute Gasteiger partial charge is 0.373 e. The molecule has 0 atom stereocenters. The summed E-state index contributed by atoms with van der Waals surface area (Å²) < 4.78 is 5.86. The van der Waals surface area contributed by atoms with Crippen molar-refractivity contribution in [3.05, 3.63) is 74.8 Å². The molecule has 3 aromatic rings. The molecule has 9 nitrogen and oxygen atoms in total. The Labute approximate surface area is 206 Å². The summed E-state index contributed by atoms with van der Waals surface area (Å²) >= 11 is 7.48. The zero-order valence-electron chi connectivity index (χ0n) is 18.9. The number of aryl methyl sites for hydroxylation is 1. The number of ether oxygens (including phenoxy) is 1. The molecule has 0 spiro atoms. The van der Waals surface area contributed by atoms with Crippen LogP contribution in [0.15, 0.2) is 53.7 Å². The molecule has 0 saturated carbocycles. The molecule has 0 aliphatic carbocycles. The highest BCUT2D eigenvalue weighted by atomic mass is 35.5. The maximum absolute atomic E-state index is 11.9. The largest absolute Gasteiger partial charge is 0.433 e. The second-order valence-corrected chi connectivity index (χ2v) is 8.70. The van der Waals surface area contributed by atoms with Gasteiger partial charge in [-0.15, -0.1) is 0 Å². The highest BCUT2D eigenvalue weighted by Crippen LogP contribution is 2.37. The van der Waals surface area contributed by atoms with Crippen LogP contribution in [0, 0.1) is 10.1 Å². The average molecular weight is 502 g/mol. The molecule has 3 rings (SSSR count). The SMILES string of the molecule is CSc1nc(NCc2ccccc2)c([N+](=O)[O-])c(Oc2cc(Cl)cc(CCC(=O)N(C)C)c2)n1. The molecular weight excluding hydrogens is 478 g/mol. The number of carbonyl (C=O) groups is 1. The number of rotatable bonds is 10. The van der Waals surface area contributed by atoms with Crippen molar-refractivity contribution < 1.29 is 14.5 Å². The van der Waals surface area contributed by atoms with Gasteiger partial charge in [-0.05, 0) is 42.0 Å². The lowest BCUT2D eigenvalue weighted by Gasteiger charge is -2.13. The van der Waals surface area contributed by atoms with Crippen molar-refractivity contribution in [1.29, 1.82) is 0 Å². The number of nitrogens with zero attached hydrogens (tertiary/aromatic N) is 4. The van der Waals surface area contributed by atoms with E-state index in [1.165, 1.54) is 16.7 Å². The molecule has 1 N–H and O–H groups in total. The molecule has 0 aliphatic rings. The fraction of sp³-hybridized carbons (Fsp3) is 0.261. The summed E-state index contributed by atoms with van der Waals surface area (Å²) in [6.45, 7) is 0.340. The Morgan fingerprint density at radius 3 is 2.56 bits per heavy atom. The van der Waals surface area contributed by atoms with Crippen LogP contribution in [0.25, 0.3) is 0 Å². The van der Waals surface area contributed by atoms with Crippen molar-refractivity contribution in [1.82, 2.24) is 14.9 Å². The highest BCUT2D eigenvalue weighted by Gasteiger charge is 2.27. The van der Waals surface area contributed by atoms with Crippen LogP contribution in [-0.2, 0) is 17.8 Å². The average Bonchev–Trinajstić information content (AvgIpc) is 2.80. The Morgan fingerprint density at radius 2 is 1.91 bits per heavy atom. The van der Waals surface area contributed by atoms with Gasteiger partial charge in [0, 0.05) is 32.1 Å². The van der Waals surface area contributed by atoms with E-state index in [0.717, 1.165) is 11.1 Å². The molecule has 0 fully saturated rings. The Kier molecular flexibility index (Phi) is 8.67. The van der Waals surface area contributed by atoms with Crippen LogP contribution in [0.4, 0.5) is 11.5 Å². The Balaban J connectivity index is 1.91. The maximum atomic E-state index is 11.9. The first-order valence-electron chi connectivity index (χ1n) is 10.3. The minimum absolute atomic E-state index is 0.0207. The second-order valence-electron chi connectivity index (χ2n) is 7.49. The number of benzene rings is 2. The van der Waals surface area contributed by atoms with Crippen molar-refractivity contribution in [3.8, 4) is 11.6 Å². The van der Waals surface area contributed by atoms with E-state index in [9.17, 15) is 14.9 Å². The molecule has 0 unspecified atom stereocenters. The van der Waals surface area contributed by atoms with Gasteiger partial charge >= 0.3 is 11.6 Å². The van der Waals surface area contributed by atoms with Crippen LogP contribution >= 0.6 is 23.4 Å². The zero-order valence-corrected chi connectivity index (χ0v) is 20.5. The van der Waals surface area contributed by atoms with Crippen molar-refractivity contribution in [2.75, 3.05) is 25.7 Å². The molecule has 2 aromatic carbocycles. The lowest BCUT2D eigenvalue weighted by Crippen LogP contribution is -2.21. The molecule has 1 amide bonds. The van der Waals surface area contributed by atoms with E-state index < -0.39 is 4.92 Å². The van der Waals surface area contributed by atoms with Crippen molar-refractivity contribution >= 4 is 40.8 Å². The van der Waals surface area contributed by atoms with Gasteiger partial charge in [-0.25, -0.2) is 0 Å². The van der Waals surface area contributed by atoms with Gasteiger partial charge < -0.3 is 15.0 Å². The van der Waals surface area contributed by atoms with Gasteiger partial charge in [0.15, 0.2) is 5.16 Å². The van der Waals surface area contributed by atoms with Crippen LogP contribution in [0.5, 0.6) is 11.6 Å². The van der Waals surface area contributed by atoms with Crippen LogP contribution in [-0.4, -0.2) is 46.0 Å². The summed E-state index contributed by atoms with van der Waals surface area (Å²) in [6, 6.07) is 14.4. The second kappa shape index (κ2) is 11.7. The Hall–Kier alpha value is -3.37. The number of nitro groups is 1. The molecule has 1 aromatic heterocycles. The molecule has 34 heavy (non-hydrogen) atoms. The van der Waals surface area contributed by atoms with Gasteiger partial charge in [-0.3, -0.25) is 14.9 Å². The predicted molar refractivity (Wildman–Crippen MR) is 133 cm³/mol. The number of thioether (sulfide) groups is 1. The van der Waals surface area contributed by atoms with Crippen molar-refractivity contribution in [2.45, 2.75) is 24.5 Å². The van der Waals surface area contributed by atoms with Gasteiger partial charge in [0.1, 0.15) is 5.75 Å². The van der Waals surface area contributed by atoms with Gasteiger partial charge in [0.05, 0.1) is 4.92 Å². The monoisotopic (exact) mass is 501 g/mol. The van der Waals surface area contributed by atoms with E-state index in [1.807, 2.05) is 30.3 Å². The van der Waals surface area contributed by atoms with Crippen LogP contribution in [0.1, 0.15) is 17.5 Å². The Bertz CT molecular complexity index is 1180. The number of amides is 1. The molecule has 0 saturated heterocycles. The lowest BCUT2D eigenvalue weighted by atomic mass is 10.1. The first kappa shape index (κ1) is 25.3. The molecule has 0 aliphatic heterocycles. The fourth-order valence-electron chi connectivity index (χ4n) is 3.06. The number of hydrogen-bond donors (Lipinski definition) is 1. The third-order valence-corrected chi connectivity index (χ3v) is 5.54. The highest BCUT2D eigenvalue weighted by molar-refractivity contribution is 7.98. The first-order valence-corrected chi connectivity index (χ1v) is 11.9. The van der Waals surface area contributed by atoms with Gasteiger partial charge in [-0.2, -0.15) is 9.97 Å². The summed E-state index contributed by atoms with van der Waals surface area (Å²) in [7, 11) is 3.38. The summed E-state index contributed by atoms with van der Waals surface area (Å²) in [6.07, 6.45) is 2.51. The van der Waals surface area contributed by atoms with E-state index >= 15 is 0 Å². The van der Waals surface area contributed by atoms with E-state index in [4.69, 9.17) is 16.3 Å².